The number of rotatable bonds is 7. The van der Waals surface area contributed by atoms with Gasteiger partial charge in [0.1, 0.15) is 17.7 Å². The summed E-state index contributed by atoms with van der Waals surface area (Å²) in [5.41, 5.74) is 4.69. The Morgan fingerprint density at radius 1 is 1.18 bits per heavy atom. The molecule has 6 rings (SSSR count). The number of carboxylic acid groups (broad SMARTS) is 1. The number of aromatic nitrogens is 2. The Hall–Kier alpha value is -4.05. The first kappa shape index (κ1) is 26.2. The number of imidazole rings is 1. The number of benzene rings is 3. The quantitative estimate of drug-likeness (QED) is 0.264. The van der Waals surface area contributed by atoms with Gasteiger partial charge >= 0.3 is 12.1 Å². The highest BCUT2D eigenvalue weighted by molar-refractivity contribution is 5.80. The van der Waals surface area contributed by atoms with Crippen LogP contribution < -0.4 is 10.1 Å². The fourth-order valence-electron chi connectivity index (χ4n) is 5.59. The molecule has 1 aromatic heterocycles. The van der Waals surface area contributed by atoms with E-state index < -0.39 is 17.7 Å². The molecule has 7 nitrogen and oxygen atoms in total. The van der Waals surface area contributed by atoms with E-state index in [9.17, 15) is 18.0 Å². The van der Waals surface area contributed by atoms with Crippen LogP contribution in [0.1, 0.15) is 59.4 Å². The van der Waals surface area contributed by atoms with Crippen LogP contribution in [0.5, 0.6) is 5.75 Å². The molecule has 3 aromatic carbocycles. The third-order valence-electron chi connectivity index (χ3n) is 7.68. The Bertz CT molecular complexity index is 1590. The molecule has 2 N–H and O–H groups in total. The summed E-state index contributed by atoms with van der Waals surface area (Å²) >= 11 is 0. The largest absolute Gasteiger partial charge is 0.493 e. The van der Waals surface area contributed by atoms with Gasteiger partial charge in [0, 0.05) is 36.4 Å². The van der Waals surface area contributed by atoms with Gasteiger partial charge in [-0.1, -0.05) is 18.2 Å². The first-order chi connectivity index (χ1) is 19.2. The molecular formula is C30H28F3N3O4. The highest BCUT2D eigenvalue weighted by Crippen LogP contribution is 2.39. The maximum atomic E-state index is 13.4. The number of aliphatic carboxylic acids is 1. The number of anilines is 1. The average molecular weight is 552 g/mol. The van der Waals surface area contributed by atoms with Crippen molar-refractivity contribution < 1.29 is 32.5 Å². The monoisotopic (exact) mass is 551 g/mol. The summed E-state index contributed by atoms with van der Waals surface area (Å²) in [7, 11) is 0. The van der Waals surface area contributed by atoms with Crippen molar-refractivity contribution in [2.45, 2.75) is 50.9 Å². The summed E-state index contributed by atoms with van der Waals surface area (Å²) in [6.45, 7) is 3.43. The van der Waals surface area contributed by atoms with E-state index in [-0.39, 0.29) is 24.0 Å². The second kappa shape index (κ2) is 10.2. The van der Waals surface area contributed by atoms with E-state index in [1.54, 1.807) is 0 Å². The Morgan fingerprint density at radius 2 is 2.02 bits per heavy atom. The molecule has 0 amide bonds. The van der Waals surface area contributed by atoms with Crippen molar-refractivity contribution in [3.8, 4) is 11.4 Å². The average Bonchev–Trinajstić information content (AvgIpc) is 3.66. The molecular weight excluding hydrogens is 523 g/mol. The Morgan fingerprint density at radius 3 is 2.77 bits per heavy atom. The van der Waals surface area contributed by atoms with Crippen molar-refractivity contribution in [1.82, 2.24) is 9.55 Å². The van der Waals surface area contributed by atoms with Gasteiger partial charge in [0.2, 0.25) is 0 Å². The number of halogens is 3. The van der Waals surface area contributed by atoms with E-state index in [4.69, 9.17) is 14.6 Å². The normalized spacial score (nSPS) is 18.6. The number of hydrogen-bond donors (Lipinski definition) is 2. The summed E-state index contributed by atoms with van der Waals surface area (Å²) in [5, 5.41) is 12.6. The number of carboxylic acids is 1. The molecule has 0 saturated carbocycles. The number of alkyl halides is 3. The summed E-state index contributed by atoms with van der Waals surface area (Å²) < 4.78 is 53.9. The van der Waals surface area contributed by atoms with Gasteiger partial charge in [0.15, 0.2) is 0 Å². The topological polar surface area (TPSA) is 85.6 Å². The highest BCUT2D eigenvalue weighted by atomic mass is 19.4. The molecule has 0 aliphatic carbocycles. The first-order valence-corrected chi connectivity index (χ1v) is 13.2. The molecule has 1 fully saturated rings. The number of nitrogens with zero attached hydrogens (tertiary/aromatic N) is 2. The lowest BCUT2D eigenvalue weighted by Crippen LogP contribution is -2.10. The maximum absolute atomic E-state index is 13.4. The van der Waals surface area contributed by atoms with Crippen LogP contribution in [0.4, 0.5) is 18.9 Å². The Labute approximate surface area is 228 Å². The molecule has 40 heavy (non-hydrogen) atoms. The fraction of sp³-hybridized carbons (Fsp3) is 0.333. The number of hydrogen-bond acceptors (Lipinski definition) is 5. The molecule has 0 spiro atoms. The maximum Gasteiger partial charge on any atom is 0.416 e. The predicted octanol–water partition coefficient (Wildman–Crippen LogP) is 6.77. The van der Waals surface area contributed by atoms with E-state index >= 15 is 0 Å². The molecule has 0 bridgehead atoms. The summed E-state index contributed by atoms with van der Waals surface area (Å²) in [4.78, 5) is 15.8. The van der Waals surface area contributed by atoms with Gasteiger partial charge in [0.05, 0.1) is 35.3 Å². The summed E-state index contributed by atoms with van der Waals surface area (Å²) in [6.07, 6.45) is -3.10. The van der Waals surface area contributed by atoms with Gasteiger partial charge in [-0.05, 0) is 61.2 Å². The zero-order valence-corrected chi connectivity index (χ0v) is 21.8. The van der Waals surface area contributed by atoms with Crippen LogP contribution in [-0.2, 0) is 22.3 Å². The lowest BCUT2D eigenvalue weighted by atomic mass is 9.98. The van der Waals surface area contributed by atoms with Crippen LogP contribution in [0.25, 0.3) is 16.7 Å². The van der Waals surface area contributed by atoms with Gasteiger partial charge in [-0.2, -0.15) is 13.2 Å². The van der Waals surface area contributed by atoms with Crippen molar-refractivity contribution in [1.29, 1.82) is 0 Å². The lowest BCUT2D eigenvalue weighted by molar-refractivity contribution is -0.138. The molecule has 2 atom stereocenters. The van der Waals surface area contributed by atoms with Crippen LogP contribution in [0.15, 0.2) is 54.6 Å². The van der Waals surface area contributed by atoms with Crippen molar-refractivity contribution in [2.24, 2.45) is 0 Å². The third-order valence-corrected chi connectivity index (χ3v) is 7.68. The number of carbonyl (C=O) groups is 1. The van der Waals surface area contributed by atoms with Gasteiger partial charge in [-0.15, -0.1) is 0 Å². The van der Waals surface area contributed by atoms with Gasteiger partial charge < -0.3 is 19.9 Å². The van der Waals surface area contributed by atoms with Crippen molar-refractivity contribution >= 4 is 22.7 Å². The van der Waals surface area contributed by atoms with Crippen LogP contribution in [0.3, 0.4) is 0 Å². The van der Waals surface area contributed by atoms with Crippen LogP contribution in [-0.4, -0.2) is 33.8 Å². The Balaban J connectivity index is 1.32. The van der Waals surface area contributed by atoms with Crippen LogP contribution in [0, 0.1) is 6.92 Å². The zero-order valence-electron chi connectivity index (χ0n) is 21.8. The molecule has 2 aliphatic heterocycles. The van der Waals surface area contributed by atoms with E-state index in [2.05, 4.69) is 10.3 Å². The second-order valence-electron chi connectivity index (χ2n) is 10.3. The minimum atomic E-state index is -4.46. The summed E-state index contributed by atoms with van der Waals surface area (Å²) in [6, 6.07) is 15.3. The van der Waals surface area contributed by atoms with Crippen LogP contribution >= 0.6 is 0 Å². The van der Waals surface area contributed by atoms with Crippen molar-refractivity contribution in [3.63, 3.8) is 0 Å². The first-order valence-electron chi connectivity index (χ1n) is 13.2. The molecule has 2 aliphatic rings. The zero-order chi connectivity index (χ0) is 28.0. The van der Waals surface area contributed by atoms with Crippen molar-refractivity contribution in [3.05, 3.63) is 82.7 Å². The minimum absolute atomic E-state index is 0.0279. The second-order valence-corrected chi connectivity index (χ2v) is 10.3. The molecule has 1 saturated heterocycles. The van der Waals surface area contributed by atoms with Gasteiger partial charge in [-0.25, -0.2) is 4.98 Å². The van der Waals surface area contributed by atoms with E-state index in [0.29, 0.717) is 36.8 Å². The SMILES string of the molecule is Cc1c(CNc2ccc3c(c2)OC[C@H]3CC(=O)O)cccc1-n1c(C2CCCO2)nc2cc(C(F)(F)F)ccc21. The standard InChI is InChI=1S/C30H28F3N3O4/c1-17-18(15-34-21-8-9-22-19(12-28(37)38)16-40-27(22)14-21)4-2-5-24(17)36-25-10-7-20(30(31,32)33)13-23(25)35-29(36)26-6-3-11-39-26/h2,4-5,7-10,13-14,19,26,34H,3,6,11-12,15-16H2,1H3,(H,37,38)/t19-,26?/m1/s1. The molecule has 3 heterocycles. The van der Waals surface area contributed by atoms with Crippen LogP contribution in [0.2, 0.25) is 0 Å². The minimum Gasteiger partial charge on any atom is -0.493 e. The molecule has 10 heteroatoms. The number of nitrogens with one attached hydrogen (secondary N) is 1. The predicted molar refractivity (Wildman–Crippen MR) is 143 cm³/mol. The molecule has 1 unspecified atom stereocenters. The number of fused-ring (bicyclic) bond motifs is 2. The van der Waals surface area contributed by atoms with Gasteiger partial charge in [-0.3, -0.25) is 9.36 Å². The highest BCUT2D eigenvalue weighted by Gasteiger charge is 2.32. The fourth-order valence-corrected chi connectivity index (χ4v) is 5.59. The third kappa shape index (κ3) is 4.88. The lowest BCUT2D eigenvalue weighted by Gasteiger charge is -2.18. The van der Waals surface area contributed by atoms with Crippen molar-refractivity contribution in [2.75, 3.05) is 18.5 Å². The van der Waals surface area contributed by atoms with E-state index in [1.165, 1.54) is 6.07 Å². The molecule has 0 radical (unpaired) electrons. The number of ether oxygens (including phenoxy) is 2. The van der Waals surface area contributed by atoms with Gasteiger partial charge in [0.25, 0.3) is 0 Å². The van der Waals surface area contributed by atoms with E-state index in [0.717, 1.165) is 53.0 Å². The smallest absolute Gasteiger partial charge is 0.416 e. The Kier molecular flexibility index (Phi) is 6.66. The molecule has 208 valence electrons. The van der Waals surface area contributed by atoms with E-state index in [1.807, 2.05) is 47.9 Å². The summed E-state index contributed by atoms with van der Waals surface area (Å²) in [5.74, 6) is 0.279. The molecule has 4 aromatic rings.